The van der Waals surface area contributed by atoms with Gasteiger partial charge in [-0.2, -0.15) is 0 Å². The maximum absolute atomic E-state index is 12.9. The molecule has 1 aliphatic rings. The van der Waals surface area contributed by atoms with Gasteiger partial charge in [0.1, 0.15) is 5.01 Å². The molecule has 0 aliphatic carbocycles. The lowest BCUT2D eigenvalue weighted by Gasteiger charge is -2.26. The molecule has 1 aromatic heterocycles. The summed E-state index contributed by atoms with van der Waals surface area (Å²) in [6.07, 6.45) is -0.0319. The number of aromatic nitrogens is 2. The third kappa shape index (κ3) is 3.47. The van der Waals surface area contributed by atoms with E-state index in [9.17, 15) is 14.4 Å². The Bertz CT molecular complexity index is 1280. The highest BCUT2D eigenvalue weighted by Crippen LogP contribution is 2.30. The van der Waals surface area contributed by atoms with Gasteiger partial charge in [-0.05, 0) is 17.5 Å². The third-order valence-corrected chi connectivity index (χ3v) is 6.00. The lowest BCUT2D eigenvalue weighted by molar-refractivity contribution is -0.116. The smallest absolute Gasteiger partial charge is 0.261 e. The van der Waals surface area contributed by atoms with Crippen LogP contribution in [0.25, 0.3) is 21.3 Å². The monoisotopic (exact) mass is 428 g/mol. The minimum absolute atomic E-state index is 0.0153. The number of rotatable bonds is 5. The number of hydrogen-bond donors (Lipinski definition) is 1. The van der Waals surface area contributed by atoms with Crippen LogP contribution in [-0.2, 0) is 4.79 Å². The van der Waals surface area contributed by atoms with Crippen LogP contribution in [0, 0.1) is 0 Å². The lowest BCUT2D eigenvalue weighted by Crippen LogP contribution is -2.41. The van der Waals surface area contributed by atoms with Crippen LogP contribution < -0.4 is 5.32 Å². The highest BCUT2D eigenvalue weighted by Gasteiger charge is 2.32. The van der Waals surface area contributed by atoms with Crippen LogP contribution in [0.3, 0.4) is 0 Å². The van der Waals surface area contributed by atoms with Crippen LogP contribution in [-0.4, -0.2) is 39.4 Å². The maximum atomic E-state index is 12.9. The molecule has 31 heavy (non-hydrogen) atoms. The fourth-order valence-electron chi connectivity index (χ4n) is 3.65. The highest BCUT2D eigenvalue weighted by molar-refractivity contribution is 7.18. The molecule has 1 N–H and O–H groups in total. The highest BCUT2D eigenvalue weighted by atomic mass is 32.1. The summed E-state index contributed by atoms with van der Waals surface area (Å²) in [6, 6.07) is 20.3. The predicted octanol–water partition coefficient (Wildman–Crippen LogP) is 3.98. The van der Waals surface area contributed by atoms with Crippen LogP contribution in [0.2, 0.25) is 0 Å². The van der Waals surface area contributed by atoms with Crippen molar-refractivity contribution in [1.82, 2.24) is 15.1 Å². The van der Waals surface area contributed by atoms with Crippen molar-refractivity contribution in [2.24, 2.45) is 0 Å². The van der Waals surface area contributed by atoms with Crippen LogP contribution in [0.15, 0.2) is 66.7 Å². The standard InChI is InChI=1S/C23H16N4O3S/c28-18(24-23-26-25-20(31-23)15-6-2-1-3-7-15)12-13-27-21(29)16-10-4-8-14-9-5-11-17(19(14)16)22(27)30/h1-11H,12-13H2,(H,24,26,28). The van der Waals surface area contributed by atoms with Crippen LogP contribution >= 0.6 is 11.3 Å². The summed E-state index contributed by atoms with van der Waals surface area (Å²) in [6.45, 7) is -0.0153. The Labute approximate surface area is 181 Å². The molecule has 4 aromatic rings. The summed E-state index contributed by atoms with van der Waals surface area (Å²) in [5, 5.41) is 13.4. The molecule has 8 heteroatoms. The molecule has 0 atom stereocenters. The zero-order valence-corrected chi connectivity index (χ0v) is 17.1. The second-order valence-electron chi connectivity index (χ2n) is 7.05. The summed E-state index contributed by atoms with van der Waals surface area (Å²) < 4.78 is 0. The average molecular weight is 428 g/mol. The molecule has 0 bridgehead atoms. The van der Waals surface area contributed by atoms with E-state index < -0.39 is 0 Å². The van der Waals surface area contributed by atoms with E-state index in [2.05, 4.69) is 15.5 Å². The largest absolute Gasteiger partial charge is 0.300 e. The van der Waals surface area contributed by atoms with Crippen molar-refractivity contribution in [3.05, 3.63) is 77.9 Å². The zero-order valence-electron chi connectivity index (χ0n) is 16.2. The van der Waals surface area contributed by atoms with Crippen LogP contribution in [0.4, 0.5) is 5.13 Å². The molecular formula is C23H16N4O3S. The number of nitrogens with one attached hydrogen (secondary N) is 1. The molecule has 2 heterocycles. The Morgan fingerprint density at radius 1 is 0.871 bits per heavy atom. The van der Waals surface area contributed by atoms with E-state index in [0.29, 0.717) is 26.7 Å². The van der Waals surface area contributed by atoms with Crippen molar-refractivity contribution in [2.45, 2.75) is 6.42 Å². The van der Waals surface area contributed by atoms with Crippen LogP contribution in [0.1, 0.15) is 27.1 Å². The Morgan fingerprint density at radius 3 is 2.23 bits per heavy atom. The van der Waals surface area contributed by atoms with Gasteiger partial charge >= 0.3 is 0 Å². The summed E-state index contributed by atoms with van der Waals surface area (Å²) in [5.41, 5.74) is 1.87. The van der Waals surface area contributed by atoms with Gasteiger partial charge in [0.05, 0.1) is 0 Å². The van der Waals surface area contributed by atoms with Crippen LogP contribution in [0.5, 0.6) is 0 Å². The minimum Gasteiger partial charge on any atom is -0.300 e. The zero-order chi connectivity index (χ0) is 21.4. The van der Waals surface area contributed by atoms with E-state index >= 15 is 0 Å². The first-order valence-corrected chi connectivity index (χ1v) is 10.5. The quantitative estimate of drug-likeness (QED) is 0.486. The molecule has 0 fully saturated rings. The molecule has 152 valence electrons. The van der Waals surface area contributed by atoms with E-state index in [-0.39, 0.29) is 30.7 Å². The summed E-state index contributed by atoms with van der Waals surface area (Å²) in [4.78, 5) is 39.4. The van der Waals surface area contributed by atoms with Crippen molar-refractivity contribution in [1.29, 1.82) is 0 Å². The molecule has 3 amide bonds. The fraction of sp³-hybridized carbons (Fsp3) is 0.0870. The van der Waals surface area contributed by atoms with Gasteiger partial charge in [0.2, 0.25) is 11.0 Å². The normalized spacial score (nSPS) is 13.0. The summed E-state index contributed by atoms with van der Waals surface area (Å²) in [5.74, 6) is -1.11. The molecule has 0 saturated heterocycles. The number of carbonyl (C=O) groups excluding carboxylic acids is 3. The molecule has 0 radical (unpaired) electrons. The number of amides is 3. The topological polar surface area (TPSA) is 92.3 Å². The van der Waals surface area contributed by atoms with Gasteiger partial charge in [0.15, 0.2) is 0 Å². The van der Waals surface area contributed by atoms with Gasteiger partial charge in [-0.3, -0.25) is 19.3 Å². The summed E-state index contributed by atoms with van der Waals surface area (Å²) >= 11 is 1.26. The molecular weight excluding hydrogens is 412 g/mol. The number of carbonyl (C=O) groups is 3. The van der Waals surface area contributed by atoms with Crippen molar-refractivity contribution >= 4 is 45.0 Å². The molecule has 0 saturated carbocycles. The van der Waals surface area contributed by atoms with E-state index in [1.54, 1.807) is 24.3 Å². The molecule has 0 unspecified atom stereocenters. The average Bonchev–Trinajstić information content (AvgIpc) is 3.26. The first-order valence-electron chi connectivity index (χ1n) is 9.68. The van der Waals surface area contributed by atoms with Gasteiger partial charge in [-0.15, -0.1) is 10.2 Å². The van der Waals surface area contributed by atoms with E-state index in [1.165, 1.54) is 11.3 Å². The summed E-state index contributed by atoms with van der Waals surface area (Å²) in [7, 11) is 0. The number of hydrogen-bond acceptors (Lipinski definition) is 6. The Morgan fingerprint density at radius 2 is 1.55 bits per heavy atom. The second-order valence-corrected chi connectivity index (χ2v) is 8.03. The number of anilines is 1. The van der Waals surface area contributed by atoms with Gasteiger partial charge in [-0.25, -0.2) is 0 Å². The Hall–Kier alpha value is -3.91. The minimum atomic E-state index is -0.385. The second kappa shape index (κ2) is 7.73. The fourth-order valence-corrected chi connectivity index (χ4v) is 4.42. The molecule has 7 nitrogen and oxygen atoms in total. The molecule has 0 spiro atoms. The Balaban J connectivity index is 1.28. The number of imide groups is 1. The van der Waals surface area contributed by atoms with Crippen molar-refractivity contribution in [2.75, 3.05) is 11.9 Å². The predicted molar refractivity (Wildman–Crippen MR) is 118 cm³/mol. The van der Waals surface area contributed by atoms with E-state index in [0.717, 1.165) is 15.8 Å². The third-order valence-electron chi connectivity index (χ3n) is 5.11. The first kappa shape index (κ1) is 19.1. The van der Waals surface area contributed by atoms with E-state index in [1.807, 2.05) is 42.5 Å². The number of nitrogens with zero attached hydrogens (tertiary/aromatic N) is 3. The number of benzene rings is 3. The van der Waals surface area contributed by atoms with Crippen molar-refractivity contribution < 1.29 is 14.4 Å². The molecule has 3 aromatic carbocycles. The van der Waals surface area contributed by atoms with Gasteiger partial charge < -0.3 is 5.32 Å². The van der Waals surface area contributed by atoms with Gasteiger partial charge in [-0.1, -0.05) is 65.9 Å². The molecule has 5 rings (SSSR count). The SMILES string of the molecule is O=C(CCN1C(=O)c2cccc3cccc(c23)C1=O)Nc1nnc(-c2ccccc2)s1. The van der Waals surface area contributed by atoms with Crippen molar-refractivity contribution in [3.8, 4) is 10.6 Å². The maximum Gasteiger partial charge on any atom is 0.261 e. The van der Waals surface area contributed by atoms with Gasteiger partial charge in [0.25, 0.3) is 11.8 Å². The Kier molecular flexibility index (Phi) is 4.76. The van der Waals surface area contributed by atoms with Gasteiger partial charge in [0, 0.05) is 35.0 Å². The van der Waals surface area contributed by atoms with Crippen molar-refractivity contribution in [3.63, 3.8) is 0 Å². The van der Waals surface area contributed by atoms with E-state index in [4.69, 9.17) is 0 Å². The first-order chi connectivity index (χ1) is 15.1. The lowest BCUT2D eigenvalue weighted by atomic mass is 9.94. The molecule has 1 aliphatic heterocycles.